The van der Waals surface area contributed by atoms with Gasteiger partial charge in [0.25, 0.3) is 0 Å². The number of anilines is 1. The van der Waals surface area contributed by atoms with Gasteiger partial charge in [-0.3, -0.25) is 4.79 Å². The van der Waals surface area contributed by atoms with E-state index in [0.717, 1.165) is 20.3 Å². The maximum absolute atomic E-state index is 12.5. The molecule has 1 atom stereocenters. The number of ether oxygens (including phenoxy) is 1. The summed E-state index contributed by atoms with van der Waals surface area (Å²) in [6.07, 6.45) is 0.688. The van der Waals surface area contributed by atoms with E-state index in [9.17, 15) is 4.79 Å². The SMILES string of the molecule is CCOc1ccc2nc(S[C@H](CC)C(=O)Nc3cc(C)on3)sc2c1. The number of benzene rings is 1. The van der Waals surface area contributed by atoms with E-state index in [1.807, 2.05) is 32.0 Å². The lowest BCUT2D eigenvalue weighted by atomic mass is 10.3. The van der Waals surface area contributed by atoms with Crippen LogP contribution in [0.4, 0.5) is 5.82 Å². The summed E-state index contributed by atoms with van der Waals surface area (Å²) in [5, 5.41) is 6.34. The van der Waals surface area contributed by atoms with Crippen LogP contribution in [0.1, 0.15) is 26.0 Å². The van der Waals surface area contributed by atoms with E-state index in [1.165, 1.54) is 11.8 Å². The summed E-state index contributed by atoms with van der Waals surface area (Å²) in [5.74, 6) is 1.83. The number of carbonyl (C=O) groups excluding carboxylic acids is 1. The van der Waals surface area contributed by atoms with Crippen LogP contribution < -0.4 is 10.1 Å². The maximum Gasteiger partial charge on any atom is 0.239 e. The third-order valence-corrected chi connectivity index (χ3v) is 5.91. The molecular weight excluding hydrogens is 358 g/mol. The Kier molecular flexibility index (Phi) is 5.60. The highest BCUT2D eigenvalue weighted by Gasteiger charge is 2.21. The highest BCUT2D eigenvalue weighted by atomic mass is 32.2. The molecule has 0 unspecified atom stereocenters. The Labute approximate surface area is 153 Å². The van der Waals surface area contributed by atoms with Gasteiger partial charge >= 0.3 is 0 Å². The molecule has 0 fully saturated rings. The number of aryl methyl sites for hydroxylation is 1. The lowest BCUT2D eigenvalue weighted by Gasteiger charge is -2.11. The van der Waals surface area contributed by atoms with Crippen LogP contribution in [0.15, 0.2) is 33.1 Å². The van der Waals surface area contributed by atoms with E-state index in [1.54, 1.807) is 24.3 Å². The van der Waals surface area contributed by atoms with Gasteiger partial charge < -0.3 is 14.6 Å². The van der Waals surface area contributed by atoms with Crippen molar-refractivity contribution in [1.82, 2.24) is 10.1 Å². The van der Waals surface area contributed by atoms with Gasteiger partial charge in [-0.15, -0.1) is 11.3 Å². The minimum atomic E-state index is -0.246. The quantitative estimate of drug-likeness (QED) is 0.611. The van der Waals surface area contributed by atoms with Crippen molar-refractivity contribution >= 4 is 45.0 Å². The van der Waals surface area contributed by atoms with Gasteiger partial charge in [0.2, 0.25) is 5.91 Å². The fraction of sp³-hybridized carbons (Fsp3) is 0.353. The first-order valence-corrected chi connectivity index (χ1v) is 9.73. The average Bonchev–Trinajstić information content (AvgIpc) is 3.17. The third-order valence-electron chi connectivity index (χ3n) is 3.44. The molecule has 2 heterocycles. The van der Waals surface area contributed by atoms with Gasteiger partial charge in [-0.25, -0.2) is 4.98 Å². The summed E-state index contributed by atoms with van der Waals surface area (Å²) in [5.41, 5.74) is 0.915. The van der Waals surface area contributed by atoms with Gasteiger partial charge in [-0.2, -0.15) is 0 Å². The maximum atomic E-state index is 12.5. The van der Waals surface area contributed by atoms with Crippen molar-refractivity contribution in [3.63, 3.8) is 0 Å². The average molecular weight is 377 g/mol. The Morgan fingerprint density at radius 2 is 2.24 bits per heavy atom. The summed E-state index contributed by atoms with van der Waals surface area (Å²) < 4.78 is 12.4. The van der Waals surface area contributed by atoms with E-state index in [4.69, 9.17) is 9.26 Å². The molecule has 0 saturated heterocycles. The summed E-state index contributed by atoms with van der Waals surface area (Å²) in [7, 11) is 0. The predicted molar refractivity (Wildman–Crippen MR) is 101 cm³/mol. The summed E-state index contributed by atoms with van der Waals surface area (Å²) >= 11 is 3.03. The number of rotatable bonds is 7. The molecule has 0 saturated carbocycles. The first kappa shape index (κ1) is 17.8. The van der Waals surface area contributed by atoms with Crippen LogP contribution in [0, 0.1) is 6.92 Å². The van der Waals surface area contributed by atoms with Crippen molar-refractivity contribution in [2.24, 2.45) is 0 Å². The molecule has 0 aliphatic heterocycles. The van der Waals surface area contributed by atoms with Crippen molar-refractivity contribution in [3.05, 3.63) is 30.0 Å². The number of hydrogen-bond acceptors (Lipinski definition) is 7. The molecule has 25 heavy (non-hydrogen) atoms. The smallest absolute Gasteiger partial charge is 0.239 e. The minimum Gasteiger partial charge on any atom is -0.494 e. The standard InChI is InChI=1S/C17H19N3O3S2/c1-4-13(16(21)19-15-8-10(3)23-20-15)24-17-18-12-7-6-11(22-5-2)9-14(12)25-17/h6-9,13H,4-5H2,1-3H3,(H,19,20,21)/t13-/m1/s1. The minimum absolute atomic E-state index is 0.102. The van der Waals surface area contributed by atoms with Gasteiger partial charge in [0.05, 0.1) is 22.1 Å². The molecule has 1 amide bonds. The van der Waals surface area contributed by atoms with Crippen LogP contribution >= 0.6 is 23.1 Å². The molecule has 8 heteroatoms. The topological polar surface area (TPSA) is 77.2 Å². The summed E-state index contributed by atoms with van der Waals surface area (Å²) in [4.78, 5) is 17.1. The van der Waals surface area contributed by atoms with Gasteiger partial charge in [0.15, 0.2) is 10.2 Å². The number of aromatic nitrogens is 2. The first-order chi connectivity index (χ1) is 12.1. The number of fused-ring (bicyclic) bond motifs is 1. The molecule has 3 rings (SSSR count). The van der Waals surface area contributed by atoms with Crippen LogP contribution in [0.3, 0.4) is 0 Å². The molecule has 3 aromatic rings. The van der Waals surface area contributed by atoms with E-state index in [2.05, 4.69) is 15.5 Å². The van der Waals surface area contributed by atoms with Crippen LogP contribution in [-0.2, 0) is 4.79 Å². The van der Waals surface area contributed by atoms with Crippen molar-refractivity contribution < 1.29 is 14.1 Å². The molecule has 2 aromatic heterocycles. The zero-order valence-electron chi connectivity index (χ0n) is 14.2. The predicted octanol–water partition coefficient (Wildman–Crippen LogP) is 4.50. The van der Waals surface area contributed by atoms with Crippen molar-refractivity contribution in [3.8, 4) is 5.75 Å². The number of thioether (sulfide) groups is 1. The van der Waals surface area contributed by atoms with Gasteiger partial charge in [0, 0.05) is 6.07 Å². The molecular formula is C17H19N3O3S2. The Morgan fingerprint density at radius 1 is 1.40 bits per heavy atom. The number of nitrogens with one attached hydrogen (secondary N) is 1. The lowest BCUT2D eigenvalue weighted by molar-refractivity contribution is -0.115. The number of carbonyl (C=O) groups is 1. The number of hydrogen-bond donors (Lipinski definition) is 1. The number of nitrogens with zero attached hydrogens (tertiary/aromatic N) is 2. The highest BCUT2D eigenvalue weighted by Crippen LogP contribution is 2.35. The fourth-order valence-electron chi connectivity index (χ4n) is 2.27. The molecule has 132 valence electrons. The molecule has 0 aliphatic carbocycles. The Morgan fingerprint density at radius 3 is 2.92 bits per heavy atom. The monoisotopic (exact) mass is 377 g/mol. The van der Waals surface area contributed by atoms with Crippen LogP contribution in [0.5, 0.6) is 5.75 Å². The molecule has 0 radical (unpaired) electrons. The Bertz CT molecular complexity index is 875. The van der Waals surface area contributed by atoms with Crippen LogP contribution in [-0.4, -0.2) is 27.9 Å². The van der Waals surface area contributed by atoms with E-state index < -0.39 is 0 Å². The summed E-state index contributed by atoms with van der Waals surface area (Å²) in [6.45, 7) is 6.35. The van der Waals surface area contributed by atoms with Crippen LogP contribution in [0.25, 0.3) is 10.2 Å². The zero-order chi connectivity index (χ0) is 17.8. The second-order valence-electron chi connectivity index (χ2n) is 5.37. The van der Waals surface area contributed by atoms with Gasteiger partial charge in [-0.05, 0) is 38.5 Å². The summed E-state index contributed by atoms with van der Waals surface area (Å²) in [6, 6.07) is 7.54. The van der Waals surface area contributed by atoms with E-state index in [-0.39, 0.29) is 11.2 Å². The molecule has 1 aromatic carbocycles. The van der Waals surface area contributed by atoms with E-state index >= 15 is 0 Å². The second-order valence-corrected chi connectivity index (χ2v) is 7.85. The Balaban J connectivity index is 1.72. The first-order valence-electron chi connectivity index (χ1n) is 8.03. The molecule has 0 aliphatic rings. The van der Waals surface area contributed by atoms with Crippen molar-refractivity contribution in [2.75, 3.05) is 11.9 Å². The molecule has 1 N–H and O–H groups in total. The highest BCUT2D eigenvalue weighted by molar-refractivity contribution is 8.02. The lowest BCUT2D eigenvalue weighted by Crippen LogP contribution is -2.24. The zero-order valence-corrected chi connectivity index (χ0v) is 15.9. The van der Waals surface area contributed by atoms with Crippen LogP contribution in [0.2, 0.25) is 0 Å². The number of amides is 1. The van der Waals surface area contributed by atoms with Gasteiger partial charge in [0.1, 0.15) is 11.5 Å². The van der Waals surface area contributed by atoms with Crippen molar-refractivity contribution in [1.29, 1.82) is 0 Å². The van der Waals surface area contributed by atoms with Gasteiger partial charge in [-0.1, -0.05) is 23.8 Å². The van der Waals surface area contributed by atoms with E-state index in [0.29, 0.717) is 24.6 Å². The fourth-order valence-corrected chi connectivity index (χ4v) is 4.53. The Hall–Kier alpha value is -2.06. The molecule has 6 nitrogen and oxygen atoms in total. The second kappa shape index (κ2) is 7.88. The van der Waals surface area contributed by atoms with Crippen molar-refractivity contribution in [2.45, 2.75) is 36.8 Å². The number of thiazole rings is 1. The normalized spacial score (nSPS) is 12.3. The molecule has 0 spiro atoms. The molecule has 0 bridgehead atoms. The third kappa shape index (κ3) is 4.32. The largest absolute Gasteiger partial charge is 0.494 e.